The van der Waals surface area contributed by atoms with Crippen molar-refractivity contribution in [2.24, 2.45) is 0 Å². The van der Waals surface area contributed by atoms with Crippen LogP contribution in [0.15, 0.2) is 53.4 Å². The van der Waals surface area contributed by atoms with Gasteiger partial charge in [0.2, 0.25) is 0 Å². The topological polar surface area (TPSA) is 43.8 Å². The number of amides is 1. The Morgan fingerprint density at radius 2 is 1.85 bits per heavy atom. The van der Waals surface area contributed by atoms with Crippen LogP contribution in [0.5, 0.6) is 5.75 Å². The van der Waals surface area contributed by atoms with Gasteiger partial charge in [0.1, 0.15) is 5.75 Å². The summed E-state index contributed by atoms with van der Waals surface area (Å²) in [5.74, 6) is -0.0159. The van der Waals surface area contributed by atoms with Crippen LogP contribution in [-0.2, 0) is 4.79 Å². The summed E-state index contributed by atoms with van der Waals surface area (Å²) < 4.78 is 0.492. The van der Waals surface area contributed by atoms with Gasteiger partial charge in [-0.3, -0.25) is 9.69 Å². The fourth-order valence-corrected chi connectivity index (χ4v) is 4.14. The van der Waals surface area contributed by atoms with Gasteiger partial charge < -0.3 is 10.0 Å². The number of hydrogen-bond donors (Lipinski definition) is 1. The van der Waals surface area contributed by atoms with Crippen LogP contribution in [-0.4, -0.2) is 28.4 Å². The SMILES string of the molecule is CCN(CC)c1ccc(/C=C2/SC(=S)N(c3ccccc3)C2=O)c(O)c1. The summed E-state index contributed by atoms with van der Waals surface area (Å²) >= 11 is 6.62. The van der Waals surface area contributed by atoms with Crippen LogP contribution in [0, 0.1) is 0 Å². The minimum absolute atomic E-state index is 0.152. The number of thiocarbonyl (C=S) groups is 1. The van der Waals surface area contributed by atoms with Gasteiger partial charge in [-0.25, -0.2) is 0 Å². The number of carbonyl (C=O) groups is 1. The average Bonchev–Trinajstić information content (AvgIpc) is 2.92. The second-order valence-corrected chi connectivity index (χ2v) is 7.44. The smallest absolute Gasteiger partial charge is 0.270 e. The molecular formula is C20H20N2O2S2. The number of carbonyl (C=O) groups excluding carboxylic acids is 1. The van der Waals surface area contributed by atoms with Crippen molar-refractivity contribution in [1.82, 2.24) is 0 Å². The summed E-state index contributed by atoms with van der Waals surface area (Å²) in [6.45, 7) is 5.88. The van der Waals surface area contributed by atoms with Gasteiger partial charge >= 0.3 is 0 Å². The monoisotopic (exact) mass is 384 g/mol. The third-order valence-corrected chi connectivity index (χ3v) is 5.54. The lowest BCUT2D eigenvalue weighted by molar-refractivity contribution is -0.113. The summed E-state index contributed by atoms with van der Waals surface area (Å²) in [6, 6.07) is 14.9. The first kappa shape index (κ1) is 18.5. The van der Waals surface area contributed by atoms with E-state index in [4.69, 9.17) is 12.2 Å². The minimum atomic E-state index is -0.168. The number of anilines is 2. The van der Waals surface area contributed by atoms with Crippen LogP contribution in [0.25, 0.3) is 6.08 Å². The van der Waals surface area contributed by atoms with Crippen LogP contribution in [0.1, 0.15) is 19.4 Å². The molecule has 1 heterocycles. The number of benzene rings is 2. The fraction of sp³-hybridized carbons (Fsp3) is 0.200. The van der Waals surface area contributed by atoms with E-state index in [1.165, 1.54) is 16.7 Å². The van der Waals surface area contributed by atoms with Crippen molar-refractivity contribution >= 4 is 51.7 Å². The number of phenols is 1. The standard InChI is InChI=1S/C20H20N2O2S2/c1-3-21(4-2)16-11-10-14(17(23)13-16)12-18-19(24)22(20(25)26-18)15-8-6-5-7-9-15/h5-13,23H,3-4H2,1-2H3/b18-12+. The van der Waals surface area contributed by atoms with Gasteiger partial charge in [0.15, 0.2) is 4.32 Å². The highest BCUT2D eigenvalue weighted by molar-refractivity contribution is 8.27. The van der Waals surface area contributed by atoms with E-state index in [1.807, 2.05) is 42.5 Å². The summed E-state index contributed by atoms with van der Waals surface area (Å²) in [4.78, 5) is 16.9. The maximum atomic E-state index is 12.8. The summed E-state index contributed by atoms with van der Waals surface area (Å²) in [5.41, 5.74) is 2.32. The van der Waals surface area contributed by atoms with Gasteiger partial charge in [-0.15, -0.1) is 0 Å². The molecule has 4 nitrogen and oxygen atoms in total. The normalized spacial score (nSPS) is 15.8. The molecule has 1 fully saturated rings. The fourth-order valence-electron chi connectivity index (χ4n) is 2.85. The highest BCUT2D eigenvalue weighted by atomic mass is 32.2. The maximum Gasteiger partial charge on any atom is 0.270 e. The van der Waals surface area contributed by atoms with Gasteiger partial charge in [-0.05, 0) is 44.2 Å². The maximum absolute atomic E-state index is 12.8. The molecule has 0 spiro atoms. The third kappa shape index (κ3) is 3.61. The van der Waals surface area contributed by atoms with Crippen molar-refractivity contribution in [3.05, 3.63) is 59.0 Å². The minimum Gasteiger partial charge on any atom is -0.507 e. The van der Waals surface area contributed by atoms with Crippen molar-refractivity contribution in [3.63, 3.8) is 0 Å². The zero-order valence-electron chi connectivity index (χ0n) is 14.7. The highest BCUT2D eigenvalue weighted by Crippen LogP contribution is 2.37. The van der Waals surface area contributed by atoms with Crippen LogP contribution in [0.3, 0.4) is 0 Å². The summed E-state index contributed by atoms with van der Waals surface area (Å²) in [6.07, 6.45) is 1.70. The van der Waals surface area contributed by atoms with E-state index in [0.717, 1.165) is 24.5 Å². The zero-order valence-corrected chi connectivity index (χ0v) is 16.3. The number of hydrogen-bond acceptors (Lipinski definition) is 5. The Hall–Kier alpha value is -2.31. The van der Waals surface area contributed by atoms with E-state index in [0.29, 0.717) is 14.8 Å². The molecule has 0 unspecified atom stereocenters. The molecule has 6 heteroatoms. The van der Waals surface area contributed by atoms with E-state index in [1.54, 1.807) is 12.1 Å². The van der Waals surface area contributed by atoms with Gasteiger partial charge in [-0.1, -0.05) is 42.2 Å². The number of nitrogens with zero attached hydrogens (tertiary/aromatic N) is 2. The molecule has 0 saturated carbocycles. The van der Waals surface area contributed by atoms with Gasteiger partial charge in [0.05, 0.1) is 10.6 Å². The lowest BCUT2D eigenvalue weighted by Crippen LogP contribution is -2.27. The predicted molar refractivity (Wildman–Crippen MR) is 114 cm³/mol. The molecule has 0 atom stereocenters. The zero-order chi connectivity index (χ0) is 18.7. The summed E-state index contributed by atoms with van der Waals surface area (Å²) in [5, 5.41) is 10.4. The van der Waals surface area contributed by atoms with E-state index < -0.39 is 0 Å². The Morgan fingerprint density at radius 1 is 1.15 bits per heavy atom. The Kier molecular flexibility index (Phi) is 5.64. The Morgan fingerprint density at radius 3 is 2.46 bits per heavy atom. The quantitative estimate of drug-likeness (QED) is 0.601. The molecular weight excluding hydrogens is 364 g/mol. The van der Waals surface area contributed by atoms with Crippen LogP contribution >= 0.6 is 24.0 Å². The molecule has 3 rings (SSSR count). The van der Waals surface area contributed by atoms with Gasteiger partial charge in [0, 0.05) is 30.4 Å². The third-order valence-electron chi connectivity index (χ3n) is 4.24. The number of rotatable bonds is 5. The molecule has 0 aromatic heterocycles. The van der Waals surface area contributed by atoms with Crippen molar-refractivity contribution in [2.45, 2.75) is 13.8 Å². The van der Waals surface area contributed by atoms with Crippen LogP contribution in [0.4, 0.5) is 11.4 Å². The molecule has 1 aliphatic heterocycles. The highest BCUT2D eigenvalue weighted by Gasteiger charge is 2.33. The first-order valence-electron chi connectivity index (χ1n) is 8.46. The second kappa shape index (κ2) is 7.93. The van der Waals surface area contributed by atoms with Crippen LogP contribution in [0.2, 0.25) is 0 Å². The molecule has 0 radical (unpaired) electrons. The van der Waals surface area contributed by atoms with Gasteiger partial charge in [0.25, 0.3) is 5.91 Å². The molecule has 0 aliphatic carbocycles. The van der Waals surface area contributed by atoms with Crippen molar-refractivity contribution in [1.29, 1.82) is 0 Å². The van der Waals surface area contributed by atoms with E-state index in [2.05, 4.69) is 18.7 Å². The second-order valence-electron chi connectivity index (χ2n) is 5.77. The molecule has 2 aromatic carbocycles. The Balaban J connectivity index is 1.89. The summed E-state index contributed by atoms with van der Waals surface area (Å²) in [7, 11) is 0. The number of thioether (sulfide) groups is 1. The van der Waals surface area contributed by atoms with Crippen LogP contribution < -0.4 is 9.80 Å². The Labute approximate surface area is 163 Å². The lowest BCUT2D eigenvalue weighted by atomic mass is 10.1. The first-order chi connectivity index (χ1) is 12.5. The molecule has 134 valence electrons. The number of para-hydroxylation sites is 1. The molecule has 26 heavy (non-hydrogen) atoms. The largest absolute Gasteiger partial charge is 0.507 e. The predicted octanol–water partition coefficient (Wildman–Crippen LogP) is 4.64. The van der Waals surface area contributed by atoms with E-state index in [9.17, 15) is 9.90 Å². The Bertz CT molecular complexity index is 861. The molecule has 1 N–H and O–H groups in total. The molecule has 2 aromatic rings. The average molecular weight is 385 g/mol. The van der Waals surface area contributed by atoms with Crippen molar-refractivity contribution < 1.29 is 9.90 Å². The van der Waals surface area contributed by atoms with Gasteiger partial charge in [-0.2, -0.15) is 0 Å². The van der Waals surface area contributed by atoms with Crippen molar-refractivity contribution in [2.75, 3.05) is 22.9 Å². The molecule has 1 aliphatic rings. The van der Waals surface area contributed by atoms with E-state index in [-0.39, 0.29) is 11.7 Å². The molecule has 0 bridgehead atoms. The van der Waals surface area contributed by atoms with Crippen molar-refractivity contribution in [3.8, 4) is 5.75 Å². The lowest BCUT2D eigenvalue weighted by Gasteiger charge is -2.21. The van der Waals surface area contributed by atoms with E-state index >= 15 is 0 Å². The first-order valence-corrected chi connectivity index (χ1v) is 9.68. The number of aromatic hydroxyl groups is 1. The molecule has 1 amide bonds. The molecule has 1 saturated heterocycles. The number of phenolic OH excluding ortho intramolecular Hbond substituents is 1.